The van der Waals surface area contributed by atoms with E-state index >= 15 is 0 Å². The number of phenolic OH excluding ortho intramolecular Hbond substituents is 1. The van der Waals surface area contributed by atoms with Gasteiger partial charge < -0.3 is 25.8 Å². The van der Waals surface area contributed by atoms with Crippen molar-refractivity contribution in [2.24, 2.45) is 16.6 Å². The minimum absolute atomic E-state index is 0.00910. The number of aliphatic hydroxyl groups excluding tert-OH is 1. The molecule has 3 aromatic rings. The highest BCUT2D eigenvalue weighted by Crippen LogP contribution is 2.63. The highest BCUT2D eigenvalue weighted by Gasteiger charge is 2.73. The first-order valence-corrected chi connectivity index (χ1v) is 15.5. The lowest BCUT2D eigenvalue weighted by Crippen LogP contribution is -2.74. The number of phenols is 1. The summed E-state index contributed by atoms with van der Waals surface area (Å²) in [5.74, 6) is -4.82. The van der Waals surface area contributed by atoms with E-state index in [9.17, 15) is 42.9 Å². The molecule has 0 unspecified atom stereocenters. The number of aliphatic hydroxyl groups is 2. The van der Waals surface area contributed by atoms with Crippen LogP contribution < -0.4 is 5.73 Å². The largest absolute Gasteiger partial charge is 0.507 e. The fourth-order valence-electron chi connectivity index (χ4n) is 8.29. The van der Waals surface area contributed by atoms with Crippen LogP contribution in [0.15, 0.2) is 83.6 Å². The number of ketones is 2. The van der Waals surface area contributed by atoms with Gasteiger partial charge in [0.1, 0.15) is 29.4 Å². The summed E-state index contributed by atoms with van der Waals surface area (Å²) < 4.78 is 46.2. The normalized spacial score (nSPS) is 26.8. The molecule has 1 amide bonds. The van der Waals surface area contributed by atoms with Crippen molar-refractivity contribution < 1.29 is 47.6 Å². The number of ether oxygens (including phenoxy) is 1. The van der Waals surface area contributed by atoms with Gasteiger partial charge in [-0.25, -0.2) is 0 Å². The average Bonchev–Trinajstić information content (AvgIpc) is 3.01. The lowest BCUT2D eigenvalue weighted by Gasteiger charge is -2.60. The fourth-order valence-corrected chi connectivity index (χ4v) is 8.29. The van der Waals surface area contributed by atoms with Crippen molar-refractivity contribution in [2.75, 3.05) is 14.1 Å². The molecule has 1 saturated carbocycles. The topological polar surface area (TPSA) is 150 Å². The Morgan fingerprint density at radius 2 is 1.61 bits per heavy atom. The van der Waals surface area contributed by atoms with E-state index in [4.69, 9.17) is 10.5 Å². The molecule has 9 nitrogen and oxygen atoms in total. The summed E-state index contributed by atoms with van der Waals surface area (Å²) in [6.45, 7) is 3.17. The number of Topliss-reactive ketones (excluding diaryl/α,β-unsaturated/α-hetero) is 2. The molecule has 4 atom stereocenters. The summed E-state index contributed by atoms with van der Waals surface area (Å²) in [6, 6.07) is 15.1. The summed E-state index contributed by atoms with van der Waals surface area (Å²) >= 11 is 0. The van der Waals surface area contributed by atoms with Gasteiger partial charge in [0.05, 0.1) is 17.2 Å². The number of amides is 1. The number of fused-ring (bicyclic) bond motifs is 3. The van der Waals surface area contributed by atoms with Gasteiger partial charge in [-0.2, -0.15) is 13.2 Å². The number of benzene rings is 3. The maximum atomic E-state index is 14.7. The molecular formula is C37H35F3N2O7. The van der Waals surface area contributed by atoms with Crippen LogP contribution in [0, 0.1) is 10.8 Å². The minimum Gasteiger partial charge on any atom is -0.507 e. The highest BCUT2D eigenvalue weighted by molar-refractivity contribution is 6.33. The van der Waals surface area contributed by atoms with Gasteiger partial charge in [-0.05, 0) is 67.4 Å². The SMILES string of the molecule is CN(C)[C@@H]1C(OCc2ccccc2)=C(C(N)=O)C(=O)[C@@]2(O)C(=O)C3=C(O)c4c(O)ccc(-c5ccc(C(F)(F)F)cc5)c4C[C@@]3(C)C[C@@]12C. The molecule has 256 valence electrons. The Kier molecular flexibility index (Phi) is 7.84. The molecule has 0 heterocycles. The summed E-state index contributed by atoms with van der Waals surface area (Å²) in [4.78, 5) is 43.5. The molecule has 49 heavy (non-hydrogen) atoms. The number of hydrogen-bond acceptors (Lipinski definition) is 8. The third-order valence-electron chi connectivity index (χ3n) is 10.3. The zero-order chi connectivity index (χ0) is 35.8. The number of rotatable bonds is 6. The van der Waals surface area contributed by atoms with Crippen LogP contribution in [0.3, 0.4) is 0 Å². The summed E-state index contributed by atoms with van der Waals surface area (Å²) in [5.41, 5.74) is -0.220. The van der Waals surface area contributed by atoms with E-state index in [1.54, 1.807) is 57.1 Å². The number of likely N-dealkylation sites (N-methyl/N-ethyl adjacent to an activating group) is 1. The molecule has 0 aromatic heterocycles. The zero-order valence-corrected chi connectivity index (χ0v) is 27.2. The Morgan fingerprint density at radius 3 is 2.18 bits per heavy atom. The first-order chi connectivity index (χ1) is 22.9. The highest BCUT2D eigenvalue weighted by atomic mass is 19.4. The van der Waals surface area contributed by atoms with E-state index < -0.39 is 68.8 Å². The Morgan fingerprint density at radius 1 is 0.980 bits per heavy atom. The molecule has 3 aliphatic carbocycles. The number of carbonyl (C=O) groups is 3. The van der Waals surface area contributed by atoms with Crippen LogP contribution in [0.25, 0.3) is 16.9 Å². The van der Waals surface area contributed by atoms with Crippen molar-refractivity contribution in [3.05, 3.63) is 106 Å². The second kappa shape index (κ2) is 11.3. The number of primary amides is 1. The van der Waals surface area contributed by atoms with E-state index in [1.165, 1.54) is 24.3 Å². The van der Waals surface area contributed by atoms with Gasteiger partial charge >= 0.3 is 6.18 Å². The summed E-state index contributed by atoms with van der Waals surface area (Å²) in [5, 5.41) is 35.1. The van der Waals surface area contributed by atoms with Gasteiger partial charge in [0.25, 0.3) is 5.91 Å². The van der Waals surface area contributed by atoms with Crippen LogP contribution in [0.2, 0.25) is 0 Å². The van der Waals surface area contributed by atoms with Crippen molar-refractivity contribution in [3.8, 4) is 16.9 Å². The number of hydrogen-bond donors (Lipinski definition) is 4. The average molecular weight is 677 g/mol. The van der Waals surface area contributed by atoms with Crippen LogP contribution in [-0.2, 0) is 38.3 Å². The molecule has 3 aromatic carbocycles. The smallest absolute Gasteiger partial charge is 0.416 e. The first kappa shape index (κ1) is 33.9. The standard InChI is InChI=1S/C37H35F3N2O7/c1-34-16-23-22(20-10-12-21(13-11-20)37(38,39)40)14-15-24(43)25(23)28(44)27(34)32(46)36(48)31(45)26(33(41)47)29(30(42(3)4)35(36,2)18-34)49-17-19-8-6-5-7-9-19/h5-15,30,43-44,48H,16-18H2,1-4H3,(H2,41,47)/t30-,34+,35+,36-/m1/s1. The molecule has 6 rings (SSSR count). The second-order valence-corrected chi connectivity index (χ2v) is 13.7. The molecule has 12 heteroatoms. The Bertz CT molecular complexity index is 1970. The van der Waals surface area contributed by atoms with Crippen LogP contribution in [-0.4, -0.2) is 63.4 Å². The summed E-state index contributed by atoms with van der Waals surface area (Å²) in [7, 11) is 3.28. The van der Waals surface area contributed by atoms with Gasteiger partial charge in [0.2, 0.25) is 11.6 Å². The lowest BCUT2D eigenvalue weighted by molar-refractivity contribution is -0.182. The monoisotopic (exact) mass is 676 g/mol. The molecule has 0 bridgehead atoms. The molecule has 3 aliphatic rings. The van der Waals surface area contributed by atoms with E-state index in [1.807, 2.05) is 6.07 Å². The van der Waals surface area contributed by atoms with Gasteiger partial charge in [-0.15, -0.1) is 0 Å². The number of nitrogens with zero attached hydrogens (tertiary/aromatic N) is 1. The van der Waals surface area contributed by atoms with Crippen molar-refractivity contribution in [2.45, 2.75) is 51.1 Å². The van der Waals surface area contributed by atoms with Crippen molar-refractivity contribution in [3.63, 3.8) is 0 Å². The predicted molar refractivity (Wildman–Crippen MR) is 173 cm³/mol. The maximum Gasteiger partial charge on any atom is 0.416 e. The minimum atomic E-state index is -4.56. The number of carbonyl (C=O) groups excluding carboxylic acids is 3. The molecule has 1 fully saturated rings. The van der Waals surface area contributed by atoms with Crippen molar-refractivity contribution in [1.82, 2.24) is 4.90 Å². The van der Waals surface area contributed by atoms with E-state index in [-0.39, 0.29) is 36.3 Å². The fraction of sp³-hybridized carbons (Fsp3) is 0.324. The molecule has 0 spiro atoms. The van der Waals surface area contributed by atoms with Gasteiger partial charge in [0, 0.05) is 16.4 Å². The van der Waals surface area contributed by atoms with Crippen LogP contribution in [0.5, 0.6) is 5.75 Å². The second-order valence-electron chi connectivity index (χ2n) is 13.7. The van der Waals surface area contributed by atoms with Crippen molar-refractivity contribution >= 4 is 23.2 Å². The molecule has 0 aliphatic heterocycles. The molecule has 0 saturated heterocycles. The quantitative estimate of drug-likeness (QED) is 0.208. The number of aromatic hydroxyl groups is 1. The summed E-state index contributed by atoms with van der Waals surface area (Å²) in [6.07, 6.45) is -4.68. The first-order valence-electron chi connectivity index (χ1n) is 15.5. The van der Waals surface area contributed by atoms with E-state index in [0.29, 0.717) is 16.7 Å². The van der Waals surface area contributed by atoms with Crippen LogP contribution in [0.4, 0.5) is 13.2 Å². The number of alkyl halides is 3. The van der Waals surface area contributed by atoms with Crippen LogP contribution >= 0.6 is 0 Å². The van der Waals surface area contributed by atoms with Gasteiger partial charge in [-0.3, -0.25) is 19.3 Å². The van der Waals surface area contributed by atoms with Gasteiger partial charge in [0.15, 0.2) is 5.60 Å². The third kappa shape index (κ3) is 4.95. The van der Waals surface area contributed by atoms with Crippen molar-refractivity contribution in [1.29, 1.82) is 0 Å². The lowest BCUT2D eigenvalue weighted by atomic mass is 9.45. The van der Waals surface area contributed by atoms with E-state index in [0.717, 1.165) is 17.7 Å². The van der Waals surface area contributed by atoms with Gasteiger partial charge in [-0.1, -0.05) is 62.4 Å². The molecule has 5 N–H and O–H groups in total. The van der Waals surface area contributed by atoms with Crippen LogP contribution in [0.1, 0.15) is 42.5 Å². The Balaban J connectivity index is 1.54. The number of nitrogens with two attached hydrogens (primary N) is 1. The predicted octanol–water partition coefficient (Wildman–Crippen LogP) is 5.09. The molecule has 0 radical (unpaired) electrons. The van der Waals surface area contributed by atoms with E-state index in [2.05, 4.69) is 0 Å². The zero-order valence-electron chi connectivity index (χ0n) is 27.2. The molecular weight excluding hydrogens is 641 g/mol. The maximum absolute atomic E-state index is 14.7. The Hall–Kier alpha value is -4.94. The third-order valence-corrected chi connectivity index (χ3v) is 10.3. The Labute approximate surface area is 280 Å². The number of halogens is 3.